The first-order valence-electron chi connectivity index (χ1n) is 6.23. The minimum absolute atomic E-state index is 0.284. The largest absolute Gasteiger partial charge is 0.480 e. The van der Waals surface area contributed by atoms with Gasteiger partial charge >= 0.3 is 5.97 Å². The number of carboxylic acids is 1. The van der Waals surface area contributed by atoms with Crippen molar-refractivity contribution in [2.45, 2.75) is 31.6 Å². The maximum atomic E-state index is 12.1. The number of carbonyl (C=O) groups is 2. The Morgan fingerprint density at radius 3 is 2.55 bits per heavy atom. The van der Waals surface area contributed by atoms with Crippen LogP contribution in [-0.4, -0.2) is 33.0 Å². The van der Waals surface area contributed by atoms with E-state index in [9.17, 15) is 13.8 Å². The van der Waals surface area contributed by atoms with E-state index in [4.69, 9.17) is 5.11 Å². The first-order valence-corrected chi connectivity index (χ1v) is 7.96. The van der Waals surface area contributed by atoms with Gasteiger partial charge in [0.2, 0.25) is 0 Å². The highest BCUT2D eigenvalue weighted by Crippen LogP contribution is 2.13. The highest BCUT2D eigenvalue weighted by molar-refractivity contribution is 7.83. The summed E-state index contributed by atoms with van der Waals surface area (Å²) in [6.45, 7) is 3.17. The normalized spacial score (nSPS) is 15.2. The van der Waals surface area contributed by atoms with Crippen LogP contribution in [0, 0.1) is 0 Å². The number of benzene rings is 1. The van der Waals surface area contributed by atoms with E-state index < -0.39 is 28.2 Å². The fraction of sp³-hybridized carbons (Fsp3) is 0.429. The molecule has 0 radical (unpaired) electrons. The van der Waals surface area contributed by atoms with Crippen molar-refractivity contribution >= 4 is 22.7 Å². The molecule has 2 atom stereocenters. The van der Waals surface area contributed by atoms with Crippen LogP contribution >= 0.6 is 0 Å². The summed E-state index contributed by atoms with van der Waals surface area (Å²) in [5.74, 6) is -1.15. The number of hydrogen-bond acceptors (Lipinski definition) is 3. The molecule has 0 bridgehead atoms. The fourth-order valence-corrected chi connectivity index (χ4v) is 2.30. The number of carboxylic acid groups (broad SMARTS) is 1. The van der Waals surface area contributed by atoms with E-state index in [0.717, 1.165) is 5.56 Å². The molecule has 110 valence electrons. The lowest BCUT2D eigenvalue weighted by molar-refractivity contribution is -0.143. The molecular weight excluding hydrogens is 278 g/mol. The van der Waals surface area contributed by atoms with Gasteiger partial charge in [0.15, 0.2) is 0 Å². The molecule has 5 nitrogen and oxygen atoms in total. The Kier molecular flexibility index (Phi) is 5.44. The molecule has 0 saturated carbocycles. The van der Waals surface area contributed by atoms with Crippen molar-refractivity contribution in [1.82, 2.24) is 5.32 Å². The average molecular weight is 297 g/mol. The van der Waals surface area contributed by atoms with Gasteiger partial charge in [-0.3, -0.25) is 9.00 Å². The summed E-state index contributed by atoms with van der Waals surface area (Å²) in [5.41, 5.74) is -0.137. The SMILES string of the molecule is CCC(C)(NC(=O)c1cccc(CS(C)=O)c1)C(=O)O. The van der Waals surface area contributed by atoms with Crippen molar-refractivity contribution in [3.8, 4) is 0 Å². The van der Waals surface area contributed by atoms with E-state index in [-0.39, 0.29) is 6.42 Å². The van der Waals surface area contributed by atoms with Crippen LogP contribution in [-0.2, 0) is 21.3 Å². The Labute approximate surface area is 120 Å². The molecule has 0 heterocycles. The van der Waals surface area contributed by atoms with Crippen LogP contribution in [0.4, 0.5) is 0 Å². The molecular formula is C14H19NO4S. The summed E-state index contributed by atoms with van der Waals surface area (Å²) < 4.78 is 11.2. The van der Waals surface area contributed by atoms with Crippen molar-refractivity contribution in [1.29, 1.82) is 0 Å². The zero-order chi connectivity index (χ0) is 15.3. The molecule has 0 spiro atoms. The molecule has 0 saturated heterocycles. The van der Waals surface area contributed by atoms with Crippen molar-refractivity contribution < 1.29 is 18.9 Å². The van der Waals surface area contributed by atoms with Crippen LogP contribution in [0.25, 0.3) is 0 Å². The predicted octanol–water partition coefficient (Wildman–Crippen LogP) is 1.55. The third kappa shape index (κ3) is 4.16. The molecule has 1 amide bonds. The summed E-state index contributed by atoms with van der Waals surface area (Å²) in [6.07, 6.45) is 1.87. The average Bonchev–Trinajstić information content (AvgIpc) is 2.37. The molecule has 0 aliphatic carbocycles. The monoisotopic (exact) mass is 297 g/mol. The van der Waals surface area contributed by atoms with Crippen LogP contribution in [0.1, 0.15) is 36.2 Å². The molecule has 0 aromatic heterocycles. The van der Waals surface area contributed by atoms with E-state index in [1.165, 1.54) is 6.92 Å². The molecule has 1 rings (SSSR count). The Hall–Kier alpha value is -1.69. The lowest BCUT2D eigenvalue weighted by atomic mass is 9.98. The van der Waals surface area contributed by atoms with Gasteiger partial charge in [-0.25, -0.2) is 4.79 Å². The van der Waals surface area contributed by atoms with Gasteiger partial charge in [0, 0.05) is 28.4 Å². The van der Waals surface area contributed by atoms with E-state index in [1.807, 2.05) is 0 Å². The Balaban J connectivity index is 2.92. The van der Waals surface area contributed by atoms with Gasteiger partial charge in [-0.2, -0.15) is 0 Å². The van der Waals surface area contributed by atoms with E-state index in [2.05, 4.69) is 5.32 Å². The molecule has 6 heteroatoms. The van der Waals surface area contributed by atoms with Gasteiger partial charge in [-0.15, -0.1) is 0 Å². The summed E-state index contributed by atoms with van der Waals surface area (Å²) in [4.78, 5) is 23.3. The standard InChI is InChI=1S/C14H19NO4S/c1-4-14(2,13(17)18)15-12(16)11-7-5-6-10(8-11)9-20(3)19/h5-8H,4,9H2,1-3H3,(H,15,16)(H,17,18). The second-order valence-corrected chi connectivity index (χ2v) is 6.30. The van der Waals surface area contributed by atoms with Crippen LogP contribution in [0.2, 0.25) is 0 Å². The smallest absolute Gasteiger partial charge is 0.329 e. The van der Waals surface area contributed by atoms with E-state index in [1.54, 1.807) is 37.4 Å². The van der Waals surface area contributed by atoms with Crippen molar-refractivity contribution in [3.63, 3.8) is 0 Å². The van der Waals surface area contributed by atoms with Gasteiger partial charge in [0.25, 0.3) is 5.91 Å². The molecule has 20 heavy (non-hydrogen) atoms. The summed E-state index contributed by atoms with van der Waals surface area (Å²) >= 11 is 0. The van der Waals surface area contributed by atoms with Gasteiger partial charge in [-0.1, -0.05) is 19.1 Å². The lowest BCUT2D eigenvalue weighted by Gasteiger charge is -2.24. The van der Waals surface area contributed by atoms with Gasteiger partial charge in [-0.05, 0) is 31.0 Å². The Bertz CT molecular complexity index is 544. The molecule has 0 aliphatic heterocycles. The maximum Gasteiger partial charge on any atom is 0.329 e. The number of nitrogens with one attached hydrogen (secondary N) is 1. The van der Waals surface area contributed by atoms with Crippen molar-refractivity contribution in [2.75, 3.05) is 6.26 Å². The van der Waals surface area contributed by atoms with Gasteiger partial charge in [0.05, 0.1) is 0 Å². The molecule has 0 fully saturated rings. The minimum atomic E-state index is -1.29. The number of amides is 1. The van der Waals surface area contributed by atoms with Crippen molar-refractivity contribution in [2.24, 2.45) is 0 Å². The number of rotatable bonds is 6. The first kappa shape index (κ1) is 16.4. The highest BCUT2D eigenvalue weighted by Gasteiger charge is 2.32. The highest BCUT2D eigenvalue weighted by atomic mass is 32.2. The quantitative estimate of drug-likeness (QED) is 0.834. The summed E-state index contributed by atoms with van der Waals surface area (Å²) in [5, 5.41) is 11.7. The second kappa shape index (κ2) is 6.65. The predicted molar refractivity (Wildman–Crippen MR) is 78.0 cm³/mol. The second-order valence-electron chi connectivity index (χ2n) is 4.86. The van der Waals surface area contributed by atoms with E-state index >= 15 is 0 Å². The van der Waals surface area contributed by atoms with Crippen molar-refractivity contribution in [3.05, 3.63) is 35.4 Å². The number of carbonyl (C=O) groups excluding carboxylic acids is 1. The fourth-order valence-electron chi connectivity index (χ4n) is 1.65. The molecule has 2 unspecified atom stereocenters. The van der Waals surface area contributed by atoms with Crippen LogP contribution < -0.4 is 5.32 Å². The Morgan fingerprint density at radius 2 is 2.05 bits per heavy atom. The number of aliphatic carboxylic acids is 1. The summed E-state index contributed by atoms with van der Waals surface area (Å²) in [6, 6.07) is 6.72. The molecule has 2 N–H and O–H groups in total. The van der Waals surface area contributed by atoms with Gasteiger partial charge in [0.1, 0.15) is 5.54 Å². The van der Waals surface area contributed by atoms with Crippen LogP contribution in [0.5, 0.6) is 0 Å². The van der Waals surface area contributed by atoms with Crippen LogP contribution in [0.15, 0.2) is 24.3 Å². The maximum absolute atomic E-state index is 12.1. The molecule has 0 aliphatic rings. The van der Waals surface area contributed by atoms with Crippen LogP contribution in [0.3, 0.4) is 0 Å². The zero-order valence-corrected chi connectivity index (χ0v) is 12.6. The first-order chi connectivity index (χ1) is 9.28. The molecule has 1 aromatic carbocycles. The third-order valence-electron chi connectivity index (χ3n) is 3.13. The zero-order valence-electron chi connectivity index (χ0n) is 11.8. The molecule has 1 aromatic rings. The lowest BCUT2D eigenvalue weighted by Crippen LogP contribution is -2.51. The summed E-state index contributed by atoms with van der Waals surface area (Å²) in [7, 11) is -0.992. The van der Waals surface area contributed by atoms with Gasteiger partial charge < -0.3 is 10.4 Å². The minimum Gasteiger partial charge on any atom is -0.480 e. The van der Waals surface area contributed by atoms with E-state index in [0.29, 0.717) is 11.3 Å². The number of hydrogen-bond donors (Lipinski definition) is 2. The Morgan fingerprint density at radius 1 is 1.40 bits per heavy atom. The third-order valence-corrected chi connectivity index (χ3v) is 3.87. The topological polar surface area (TPSA) is 83.5 Å².